The summed E-state index contributed by atoms with van der Waals surface area (Å²) in [7, 11) is -16.4. The van der Waals surface area contributed by atoms with Crippen molar-refractivity contribution >= 4 is 44.0 Å². The van der Waals surface area contributed by atoms with Gasteiger partial charge in [0, 0.05) is 65.8 Å². The van der Waals surface area contributed by atoms with E-state index in [9.17, 15) is 0 Å². The van der Waals surface area contributed by atoms with E-state index in [0.29, 0.717) is 33.0 Å². The molecule has 1 saturated heterocycles. The molecule has 180 valence electrons. The van der Waals surface area contributed by atoms with E-state index in [4.69, 9.17) is 42.7 Å². The molecule has 1 rings (SSSR count). The zero-order valence-electron chi connectivity index (χ0n) is 20.1. The van der Waals surface area contributed by atoms with Crippen LogP contribution in [0, 0.1) is 0 Å². The van der Waals surface area contributed by atoms with Crippen LogP contribution in [-0.2, 0) is 42.7 Å². The van der Waals surface area contributed by atoms with E-state index < -0.39 is 44.0 Å². The van der Waals surface area contributed by atoms with Crippen LogP contribution in [-0.4, -0.2) is 77.1 Å². The molecule has 0 aliphatic carbocycles. The Morgan fingerprint density at radius 3 is 0.600 bits per heavy atom. The quantitative estimate of drug-likeness (QED) is 0.400. The highest BCUT2D eigenvalue weighted by Gasteiger charge is 2.62. The van der Waals surface area contributed by atoms with Crippen molar-refractivity contribution in [3.8, 4) is 0 Å². The van der Waals surface area contributed by atoms with Gasteiger partial charge in [-0.05, 0) is 34.6 Å². The maximum atomic E-state index is 6.41. The summed E-state index contributed by atoms with van der Waals surface area (Å²) in [6.45, 7) is 20.4. The third-order valence-electron chi connectivity index (χ3n) is 3.89. The minimum Gasteiger partial charge on any atom is -0.375 e. The number of rotatable bonds is 10. The Balaban J connectivity index is 3.57. The van der Waals surface area contributed by atoms with E-state index in [-0.39, 0.29) is 0 Å². The average molecular weight is 521 g/mol. The van der Waals surface area contributed by atoms with Gasteiger partial charge >= 0.3 is 44.0 Å². The molecule has 0 aromatic carbocycles. The summed E-state index contributed by atoms with van der Waals surface area (Å²) in [4.78, 5) is 0. The lowest BCUT2D eigenvalue weighted by Gasteiger charge is -2.46. The lowest BCUT2D eigenvalue weighted by Crippen LogP contribution is -2.70. The second-order valence-corrected chi connectivity index (χ2v) is 21.1. The van der Waals surface area contributed by atoms with Crippen molar-refractivity contribution in [1.82, 2.24) is 0 Å². The maximum absolute atomic E-state index is 6.41. The first kappa shape index (κ1) is 28.7. The highest BCUT2D eigenvalue weighted by atomic mass is 28.6. The molecule has 0 aromatic rings. The van der Waals surface area contributed by atoms with E-state index in [0.717, 1.165) is 0 Å². The van der Waals surface area contributed by atoms with Crippen LogP contribution in [0.15, 0.2) is 0 Å². The predicted molar refractivity (Wildman–Crippen MR) is 122 cm³/mol. The van der Waals surface area contributed by atoms with Gasteiger partial charge in [0.05, 0.1) is 0 Å². The van der Waals surface area contributed by atoms with Gasteiger partial charge in [0.1, 0.15) is 0 Å². The topological polar surface area (TPSA) is 92.3 Å². The smallest absolute Gasteiger partial charge is 0.375 e. The van der Waals surface area contributed by atoms with Crippen LogP contribution in [0.2, 0.25) is 32.7 Å². The van der Waals surface area contributed by atoms with Gasteiger partial charge in [-0.3, -0.25) is 0 Å². The number of hydrogen-bond donors (Lipinski definition) is 0. The highest BCUT2D eigenvalue weighted by Crippen LogP contribution is 2.33. The fourth-order valence-corrected chi connectivity index (χ4v) is 24.6. The second-order valence-electron chi connectivity index (χ2n) is 6.99. The summed E-state index contributed by atoms with van der Waals surface area (Å²) in [6.07, 6.45) is 0. The first-order valence-corrected chi connectivity index (χ1v) is 21.7. The molecular formula is C15H40O10Si5. The monoisotopic (exact) mass is 520 g/mol. The van der Waals surface area contributed by atoms with E-state index in [2.05, 4.69) is 0 Å². The Morgan fingerprint density at radius 1 is 0.367 bits per heavy atom. The van der Waals surface area contributed by atoms with Crippen molar-refractivity contribution in [3.63, 3.8) is 0 Å². The molecule has 1 aliphatic rings. The van der Waals surface area contributed by atoms with Gasteiger partial charge in [-0.1, -0.05) is 0 Å². The molecule has 0 aromatic heterocycles. The molecule has 1 fully saturated rings. The van der Waals surface area contributed by atoms with Crippen LogP contribution in [0.3, 0.4) is 0 Å². The SMILES string of the molecule is CCO[Si]1(C)O[Si](C)(OCC)O[Si](C)(OCC)O[Si](C)(OCC)O[Si](C)(OCC)O1. The molecule has 0 N–H and O–H groups in total. The molecule has 0 saturated carbocycles. The Kier molecular flexibility index (Phi) is 11.2. The summed E-state index contributed by atoms with van der Waals surface area (Å²) in [5.41, 5.74) is 0. The molecule has 0 amide bonds. The van der Waals surface area contributed by atoms with E-state index in [1.807, 2.05) is 34.6 Å². The van der Waals surface area contributed by atoms with Crippen LogP contribution in [0.1, 0.15) is 34.6 Å². The highest BCUT2D eigenvalue weighted by molar-refractivity contribution is 6.88. The van der Waals surface area contributed by atoms with Crippen molar-refractivity contribution in [2.45, 2.75) is 67.4 Å². The van der Waals surface area contributed by atoms with Crippen molar-refractivity contribution < 1.29 is 42.7 Å². The standard InChI is InChI=1S/C15H40O10Si5/c1-11-16-26(6)21-27(7,17-12-2)23-29(9,19-14-4)25-30(10,20-15-5)24-28(8,22-26)18-13-3/h11-15H2,1-10H3. The fourth-order valence-electron chi connectivity index (χ4n) is 3.39. The molecule has 1 heterocycles. The average Bonchev–Trinajstić information content (AvgIpc) is 2.52. The largest absolute Gasteiger partial charge is 0.482 e. The molecule has 0 atom stereocenters. The second kappa shape index (κ2) is 11.7. The van der Waals surface area contributed by atoms with Crippen LogP contribution < -0.4 is 0 Å². The van der Waals surface area contributed by atoms with Gasteiger partial charge in [-0.15, -0.1) is 0 Å². The molecule has 0 bridgehead atoms. The Morgan fingerprint density at radius 2 is 0.500 bits per heavy atom. The first-order valence-electron chi connectivity index (χ1n) is 10.5. The summed E-state index contributed by atoms with van der Waals surface area (Å²) < 4.78 is 62.0. The molecule has 15 heteroatoms. The molecule has 0 spiro atoms. The molecule has 10 nitrogen and oxygen atoms in total. The van der Waals surface area contributed by atoms with Gasteiger partial charge in [0.2, 0.25) is 0 Å². The third-order valence-corrected chi connectivity index (χ3v) is 22.8. The Bertz CT molecular complexity index is 414. The molecule has 30 heavy (non-hydrogen) atoms. The van der Waals surface area contributed by atoms with Crippen molar-refractivity contribution in [3.05, 3.63) is 0 Å². The van der Waals surface area contributed by atoms with Gasteiger partial charge in [0.15, 0.2) is 0 Å². The van der Waals surface area contributed by atoms with Crippen LogP contribution in [0.4, 0.5) is 0 Å². The van der Waals surface area contributed by atoms with Crippen molar-refractivity contribution in [2.24, 2.45) is 0 Å². The maximum Gasteiger partial charge on any atom is 0.482 e. The molecule has 1 aliphatic heterocycles. The fraction of sp³-hybridized carbons (Fsp3) is 1.00. The van der Waals surface area contributed by atoms with Crippen molar-refractivity contribution in [1.29, 1.82) is 0 Å². The summed E-state index contributed by atoms with van der Waals surface area (Å²) in [5, 5.41) is 0. The van der Waals surface area contributed by atoms with E-state index in [1.165, 1.54) is 0 Å². The summed E-state index contributed by atoms with van der Waals surface area (Å²) in [6, 6.07) is 0. The van der Waals surface area contributed by atoms with E-state index >= 15 is 0 Å². The third kappa shape index (κ3) is 8.56. The normalized spacial score (nSPS) is 41.0. The van der Waals surface area contributed by atoms with Gasteiger partial charge in [-0.2, -0.15) is 0 Å². The summed E-state index contributed by atoms with van der Waals surface area (Å²) >= 11 is 0. The first-order chi connectivity index (χ1) is 13.8. The predicted octanol–water partition coefficient (Wildman–Crippen LogP) is 3.11. The van der Waals surface area contributed by atoms with E-state index in [1.54, 1.807) is 32.7 Å². The van der Waals surface area contributed by atoms with Gasteiger partial charge in [-0.25, -0.2) is 0 Å². The van der Waals surface area contributed by atoms with Crippen LogP contribution >= 0.6 is 0 Å². The molecule has 0 radical (unpaired) electrons. The zero-order valence-corrected chi connectivity index (χ0v) is 25.1. The minimum absolute atomic E-state index is 0.396. The Labute approximate surface area is 187 Å². The minimum atomic E-state index is -3.29. The van der Waals surface area contributed by atoms with Crippen LogP contribution in [0.25, 0.3) is 0 Å². The Hall–Kier alpha value is 0.684. The van der Waals surface area contributed by atoms with Crippen LogP contribution in [0.5, 0.6) is 0 Å². The van der Waals surface area contributed by atoms with Gasteiger partial charge in [0.25, 0.3) is 0 Å². The molecular weight excluding hydrogens is 481 g/mol. The summed E-state index contributed by atoms with van der Waals surface area (Å²) in [5.74, 6) is 0. The number of hydrogen-bond acceptors (Lipinski definition) is 10. The lowest BCUT2D eigenvalue weighted by atomic mass is 10.9. The lowest BCUT2D eigenvalue weighted by molar-refractivity contribution is 0.0287. The molecule has 0 unspecified atom stereocenters. The van der Waals surface area contributed by atoms with Crippen molar-refractivity contribution in [2.75, 3.05) is 33.0 Å². The van der Waals surface area contributed by atoms with Gasteiger partial charge < -0.3 is 42.7 Å². The zero-order chi connectivity index (χ0) is 23.1.